The minimum absolute atomic E-state index is 0.138. The monoisotopic (exact) mass is 542 g/mol. The van der Waals surface area contributed by atoms with Crippen LogP contribution in [0, 0.1) is 0 Å². The zero-order chi connectivity index (χ0) is 22.5. The largest absolute Gasteiger partial charge is 0.490 e. The first-order valence-electron chi connectivity index (χ1n) is 9.71. The molecule has 1 aliphatic heterocycles. The van der Waals surface area contributed by atoms with E-state index in [0.29, 0.717) is 50.0 Å². The predicted molar refractivity (Wildman–Crippen MR) is 132 cm³/mol. The molecule has 0 bridgehead atoms. The Kier molecular flexibility index (Phi) is 8.22. The topological polar surface area (TPSA) is 50.8 Å². The number of hydrogen-bond donors (Lipinski definition) is 1. The molecule has 0 unspecified atom stereocenters. The van der Waals surface area contributed by atoms with Crippen LogP contribution < -0.4 is 14.8 Å². The Morgan fingerprint density at radius 1 is 1.16 bits per heavy atom. The zero-order valence-corrected chi connectivity index (χ0v) is 20.9. The molecule has 3 rings (SSSR count). The maximum atomic E-state index is 12.6. The van der Waals surface area contributed by atoms with E-state index >= 15 is 0 Å². The van der Waals surface area contributed by atoms with Crippen molar-refractivity contribution in [3.8, 4) is 11.5 Å². The molecule has 1 fully saturated rings. The molecule has 0 spiro atoms. The first-order valence-corrected chi connectivity index (χ1v) is 11.7. The van der Waals surface area contributed by atoms with Gasteiger partial charge in [-0.1, -0.05) is 36.2 Å². The Labute approximate surface area is 205 Å². The minimum Gasteiger partial charge on any atom is -0.490 e. The third-order valence-electron chi connectivity index (χ3n) is 4.42. The second kappa shape index (κ2) is 10.7. The highest BCUT2D eigenvalue weighted by molar-refractivity contribution is 9.10. The highest BCUT2D eigenvalue weighted by Crippen LogP contribution is 2.38. The number of nitrogens with zero attached hydrogens (tertiary/aromatic N) is 1. The van der Waals surface area contributed by atoms with E-state index in [4.69, 9.17) is 44.9 Å². The molecule has 1 heterocycles. The molecule has 31 heavy (non-hydrogen) atoms. The van der Waals surface area contributed by atoms with Gasteiger partial charge >= 0.3 is 0 Å². The third kappa shape index (κ3) is 5.71. The van der Waals surface area contributed by atoms with Gasteiger partial charge in [-0.15, -0.1) is 0 Å². The lowest BCUT2D eigenvalue weighted by molar-refractivity contribution is -0.122. The fraction of sp³-hybridized carbons (Fsp3) is 0.273. The average Bonchev–Trinajstić information content (AvgIpc) is 2.98. The highest BCUT2D eigenvalue weighted by Gasteiger charge is 2.29. The molecule has 1 amide bonds. The Hall–Kier alpha value is -1.80. The van der Waals surface area contributed by atoms with E-state index in [1.165, 1.54) is 0 Å². The van der Waals surface area contributed by atoms with Gasteiger partial charge in [-0.3, -0.25) is 9.69 Å². The Balaban J connectivity index is 1.85. The van der Waals surface area contributed by atoms with Crippen molar-refractivity contribution in [2.75, 3.05) is 13.2 Å². The molecule has 0 saturated carbocycles. The van der Waals surface area contributed by atoms with Gasteiger partial charge in [0.25, 0.3) is 5.91 Å². The quantitative estimate of drug-likeness (QED) is 0.317. The molecule has 9 heteroatoms. The maximum absolute atomic E-state index is 12.6. The number of benzene rings is 2. The Morgan fingerprint density at radius 3 is 2.61 bits per heavy atom. The maximum Gasteiger partial charge on any atom is 0.276 e. The lowest BCUT2D eigenvalue weighted by Crippen LogP contribution is -2.31. The van der Waals surface area contributed by atoms with Gasteiger partial charge in [-0.25, -0.2) is 0 Å². The number of ether oxygens (including phenoxy) is 2. The lowest BCUT2D eigenvalue weighted by Gasteiger charge is -2.15. The molecular weight excluding hydrogens is 523 g/mol. The number of rotatable bonds is 8. The van der Waals surface area contributed by atoms with E-state index in [1.54, 1.807) is 23.1 Å². The zero-order valence-electron chi connectivity index (χ0n) is 17.0. The second-order valence-corrected chi connectivity index (χ2v) is 8.80. The van der Waals surface area contributed by atoms with Crippen molar-refractivity contribution in [3.05, 3.63) is 61.7 Å². The highest BCUT2D eigenvalue weighted by atomic mass is 79.9. The molecule has 1 N–H and O–H groups in total. The molecule has 164 valence electrons. The van der Waals surface area contributed by atoms with Crippen molar-refractivity contribution in [3.63, 3.8) is 0 Å². The van der Waals surface area contributed by atoms with E-state index in [-0.39, 0.29) is 12.5 Å². The summed E-state index contributed by atoms with van der Waals surface area (Å²) in [7, 11) is 0. The normalized spacial score (nSPS) is 14.9. The standard InChI is InChI=1S/C22H21BrCl2N2O3S/c1-3-7-27-21(28)18(26-22(27)31)10-14-8-15(23)20(19(11-14)29-4-2)30-12-13-5-6-16(24)17(25)9-13/h5-6,8-11H,3-4,7,12H2,1-2H3,(H,26,31)/b18-10-. The first-order chi connectivity index (χ1) is 14.8. The van der Waals surface area contributed by atoms with Crippen molar-refractivity contribution in [2.45, 2.75) is 26.9 Å². The number of halogens is 3. The smallest absolute Gasteiger partial charge is 0.276 e. The molecule has 1 saturated heterocycles. The average molecular weight is 544 g/mol. The molecule has 0 aromatic heterocycles. The van der Waals surface area contributed by atoms with Gasteiger partial charge in [0.2, 0.25) is 0 Å². The van der Waals surface area contributed by atoms with Crippen LogP contribution in [-0.4, -0.2) is 29.1 Å². The molecule has 1 aliphatic rings. The number of carbonyl (C=O) groups is 1. The van der Waals surface area contributed by atoms with Gasteiger partial charge in [-0.2, -0.15) is 0 Å². The summed E-state index contributed by atoms with van der Waals surface area (Å²) >= 11 is 20.9. The van der Waals surface area contributed by atoms with E-state index in [1.807, 2.05) is 32.0 Å². The van der Waals surface area contributed by atoms with E-state index < -0.39 is 0 Å². The third-order valence-corrected chi connectivity index (χ3v) is 6.07. The number of nitrogens with one attached hydrogen (secondary N) is 1. The van der Waals surface area contributed by atoms with Gasteiger partial charge < -0.3 is 14.8 Å². The van der Waals surface area contributed by atoms with Crippen molar-refractivity contribution < 1.29 is 14.3 Å². The summed E-state index contributed by atoms with van der Waals surface area (Å²) in [6, 6.07) is 9.03. The summed E-state index contributed by atoms with van der Waals surface area (Å²) in [5, 5.41) is 4.37. The van der Waals surface area contributed by atoms with Crippen molar-refractivity contribution in [2.24, 2.45) is 0 Å². The molecule has 0 atom stereocenters. The summed E-state index contributed by atoms with van der Waals surface area (Å²) < 4.78 is 12.5. The SMILES string of the molecule is CCCN1C(=O)/C(=C/c2cc(Br)c(OCc3ccc(Cl)c(Cl)c3)c(OCC)c2)NC1=S. The summed E-state index contributed by atoms with van der Waals surface area (Å²) in [6.07, 6.45) is 2.58. The molecule has 0 radical (unpaired) electrons. The summed E-state index contributed by atoms with van der Waals surface area (Å²) in [4.78, 5) is 14.2. The van der Waals surface area contributed by atoms with Crippen molar-refractivity contribution >= 4 is 68.4 Å². The number of amides is 1. The predicted octanol–water partition coefficient (Wildman–Crippen LogP) is 6.20. The molecule has 0 aliphatic carbocycles. The van der Waals surface area contributed by atoms with Gasteiger partial charge in [0, 0.05) is 6.54 Å². The lowest BCUT2D eigenvalue weighted by atomic mass is 10.1. The minimum atomic E-state index is -0.138. The van der Waals surface area contributed by atoms with Gasteiger partial charge in [0.1, 0.15) is 12.3 Å². The number of thiocarbonyl (C=S) groups is 1. The van der Waals surface area contributed by atoms with Crippen LogP contribution in [0.2, 0.25) is 10.0 Å². The van der Waals surface area contributed by atoms with Crippen LogP contribution in [0.3, 0.4) is 0 Å². The van der Waals surface area contributed by atoms with E-state index in [0.717, 1.165) is 17.5 Å². The molecule has 2 aromatic carbocycles. The van der Waals surface area contributed by atoms with E-state index in [9.17, 15) is 4.79 Å². The first kappa shape index (κ1) is 23.9. The van der Waals surface area contributed by atoms with Gasteiger partial charge in [-0.05, 0) is 83.0 Å². The Bertz CT molecular complexity index is 1050. The van der Waals surface area contributed by atoms with Crippen LogP contribution in [0.4, 0.5) is 0 Å². The summed E-state index contributed by atoms with van der Waals surface area (Å²) in [5.74, 6) is 0.979. The molecular formula is C22H21BrCl2N2O3S. The number of hydrogen-bond acceptors (Lipinski definition) is 4. The summed E-state index contributed by atoms with van der Waals surface area (Å²) in [5.41, 5.74) is 2.08. The summed E-state index contributed by atoms with van der Waals surface area (Å²) in [6.45, 7) is 5.22. The molecule has 5 nitrogen and oxygen atoms in total. The number of carbonyl (C=O) groups excluding carboxylic acids is 1. The van der Waals surface area contributed by atoms with E-state index in [2.05, 4.69) is 21.2 Å². The van der Waals surface area contributed by atoms with Crippen LogP contribution in [0.5, 0.6) is 11.5 Å². The van der Waals surface area contributed by atoms with Gasteiger partial charge in [0.05, 0.1) is 21.1 Å². The molecule has 2 aromatic rings. The van der Waals surface area contributed by atoms with Crippen LogP contribution in [0.15, 0.2) is 40.5 Å². The van der Waals surface area contributed by atoms with Crippen LogP contribution >= 0.6 is 51.3 Å². The van der Waals surface area contributed by atoms with Gasteiger partial charge in [0.15, 0.2) is 16.6 Å². The van der Waals surface area contributed by atoms with Crippen LogP contribution in [0.25, 0.3) is 6.08 Å². The van der Waals surface area contributed by atoms with Crippen molar-refractivity contribution in [1.82, 2.24) is 10.2 Å². The fourth-order valence-electron chi connectivity index (χ4n) is 3.02. The van der Waals surface area contributed by atoms with Crippen LogP contribution in [0.1, 0.15) is 31.4 Å². The second-order valence-electron chi connectivity index (χ2n) is 6.75. The Morgan fingerprint density at radius 2 is 1.94 bits per heavy atom. The van der Waals surface area contributed by atoms with Crippen molar-refractivity contribution in [1.29, 1.82) is 0 Å². The van der Waals surface area contributed by atoms with Crippen LogP contribution in [-0.2, 0) is 11.4 Å². The fourth-order valence-corrected chi connectivity index (χ4v) is 4.20.